The summed E-state index contributed by atoms with van der Waals surface area (Å²) < 4.78 is 5.71. The molecular weight excluding hydrogens is 244 g/mol. The predicted octanol–water partition coefficient (Wildman–Crippen LogP) is 0.750. The number of amides is 1. The molecule has 0 spiro atoms. The summed E-state index contributed by atoms with van der Waals surface area (Å²) >= 11 is 0. The number of rotatable bonds is 6. The molecule has 0 radical (unpaired) electrons. The van der Waals surface area contributed by atoms with E-state index in [1.165, 1.54) is 0 Å². The van der Waals surface area contributed by atoms with Gasteiger partial charge in [0.2, 0.25) is 5.91 Å². The highest BCUT2D eigenvalue weighted by atomic mass is 16.5. The summed E-state index contributed by atoms with van der Waals surface area (Å²) in [4.78, 5) is 14.0. The number of ether oxygens (including phenoxy) is 1. The number of nitrogens with two attached hydrogens (primary N) is 1. The van der Waals surface area contributed by atoms with Crippen LogP contribution in [0.25, 0.3) is 0 Å². The first-order chi connectivity index (χ1) is 8.88. The van der Waals surface area contributed by atoms with Crippen molar-refractivity contribution in [1.29, 1.82) is 0 Å². The lowest BCUT2D eigenvalue weighted by Gasteiger charge is -2.42. The standard InChI is InChI=1S/C14H28N2O3/c1-11(6-7-15)4-5-13(18)16-8-12(9-17)19-14(2,3)10-16/h11-12,17H,4-10,15H2,1-3H3. The molecule has 1 amide bonds. The molecule has 1 heterocycles. The van der Waals surface area contributed by atoms with Crippen LogP contribution in [0.5, 0.6) is 0 Å². The molecule has 5 heteroatoms. The van der Waals surface area contributed by atoms with E-state index in [-0.39, 0.29) is 24.2 Å². The molecule has 0 bridgehead atoms. The summed E-state index contributed by atoms with van der Waals surface area (Å²) in [6.07, 6.45) is 2.11. The average molecular weight is 272 g/mol. The average Bonchev–Trinajstić information content (AvgIpc) is 2.34. The van der Waals surface area contributed by atoms with Crippen molar-refractivity contribution in [3.05, 3.63) is 0 Å². The predicted molar refractivity (Wildman–Crippen MR) is 74.7 cm³/mol. The molecule has 0 saturated carbocycles. The molecule has 2 unspecified atom stereocenters. The van der Waals surface area contributed by atoms with Gasteiger partial charge in [-0.3, -0.25) is 4.79 Å². The highest BCUT2D eigenvalue weighted by Gasteiger charge is 2.35. The molecule has 3 N–H and O–H groups in total. The minimum Gasteiger partial charge on any atom is -0.394 e. The molecule has 1 saturated heterocycles. The van der Waals surface area contributed by atoms with E-state index in [4.69, 9.17) is 10.5 Å². The highest BCUT2D eigenvalue weighted by molar-refractivity contribution is 5.76. The third kappa shape index (κ3) is 5.47. The maximum Gasteiger partial charge on any atom is 0.222 e. The maximum absolute atomic E-state index is 12.2. The minimum absolute atomic E-state index is 0.0449. The summed E-state index contributed by atoms with van der Waals surface area (Å²) in [6, 6.07) is 0. The Kier molecular flexibility index (Phi) is 6.23. The van der Waals surface area contributed by atoms with Crippen LogP contribution in [0.3, 0.4) is 0 Å². The van der Waals surface area contributed by atoms with E-state index >= 15 is 0 Å². The van der Waals surface area contributed by atoms with E-state index in [9.17, 15) is 9.90 Å². The molecule has 0 aliphatic carbocycles. The largest absolute Gasteiger partial charge is 0.394 e. The molecule has 1 fully saturated rings. The Morgan fingerprint density at radius 2 is 2.21 bits per heavy atom. The lowest BCUT2D eigenvalue weighted by Crippen LogP contribution is -2.55. The van der Waals surface area contributed by atoms with Crippen LogP contribution in [0, 0.1) is 5.92 Å². The van der Waals surface area contributed by atoms with Crippen molar-refractivity contribution in [2.75, 3.05) is 26.2 Å². The van der Waals surface area contributed by atoms with Gasteiger partial charge in [-0.1, -0.05) is 6.92 Å². The molecule has 1 aliphatic heterocycles. The van der Waals surface area contributed by atoms with Gasteiger partial charge < -0.3 is 20.5 Å². The van der Waals surface area contributed by atoms with E-state index in [1.54, 1.807) is 0 Å². The first kappa shape index (κ1) is 16.4. The van der Waals surface area contributed by atoms with E-state index in [0.717, 1.165) is 12.8 Å². The monoisotopic (exact) mass is 272 g/mol. The van der Waals surface area contributed by atoms with Gasteiger partial charge in [0.15, 0.2) is 0 Å². The Bertz CT molecular complexity index is 294. The SMILES string of the molecule is CC(CCN)CCC(=O)N1CC(CO)OC(C)(C)C1. The second kappa shape index (κ2) is 7.22. The smallest absolute Gasteiger partial charge is 0.222 e. The zero-order chi connectivity index (χ0) is 14.5. The number of carbonyl (C=O) groups excluding carboxylic acids is 1. The van der Waals surface area contributed by atoms with Crippen molar-refractivity contribution in [3.63, 3.8) is 0 Å². The number of carbonyl (C=O) groups is 1. The fraction of sp³-hybridized carbons (Fsp3) is 0.929. The van der Waals surface area contributed by atoms with Crippen LogP contribution in [0.2, 0.25) is 0 Å². The number of hydrogen-bond acceptors (Lipinski definition) is 4. The van der Waals surface area contributed by atoms with Crippen LogP contribution in [-0.4, -0.2) is 53.9 Å². The van der Waals surface area contributed by atoms with Crippen molar-refractivity contribution < 1.29 is 14.6 Å². The maximum atomic E-state index is 12.2. The van der Waals surface area contributed by atoms with E-state index in [1.807, 2.05) is 18.7 Å². The van der Waals surface area contributed by atoms with Gasteiger partial charge in [0, 0.05) is 19.5 Å². The normalized spacial score (nSPS) is 24.3. The van der Waals surface area contributed by atoms with Crippen molar-refractivity contribution in [1.82, 2.24) is 4.90 Å². The molecule has 1 rings (SSSR count). The second-order valence-corrected chi connectivity index (χ2v) is 6.18. The number of nitrogens with zero attached hydrogens (tertiary/aromatic N) is 1. The van der Waals surface area contributed by atoms with Gasteiger partial charge in [-0.25, -0.2) is 0 Å². The quantitative estimate of drug-likeness (QED) is 0.748. The van der Waals surface area contributed by atoms with E-state index in [2.05, 4.69) is 6.92 Å². The molecule has 19 heavy (non-hydrogen) atoms. The topological polar surface area (TPSA) is 75.8 Å². The van der Waals surface area contributed by atoms with Crippen molar-refractivity contribution in [2.45, 2.75) is 51.7 Å². The summed E-state index contributed by atoms with van der Waals surface area (Å²) in [5, 5.41) is 9.23. The molecule has 0 aromatic carbocycles. The van der Waals surface area contributed by atoms with Crippen LogP contribution < -0.4 is 5.73 Å². The zero-order valence-electron chi connectivity index (χ0n) is 12.4. The molecule has 112 valence electrons. The first-order valence-electron chi connectivity index (χ1n) is 7.14. The molecule has 0 aromatic heterocycles. The Morgan fingerprint density at radius 3 is 2.79 bits per heavy atom. The fourth-order valence-electron chi connectivity index (χ4n) is 2.54. The van der Waals surface area contributed by atoms with Crippen molar-refractivity contribution in [3.8, 4) is 0 Å². The van der Waals surface area contributed by atoms with Crippen molar-refractivity contribution >= 4 is 5.91 Å². The summed E-state index contributed by atoms with van der Waals surface area (Å²) in [5.74, 6) is 0.635. The van der Waals surface area contributed by atoms with Crippen LogP contribution in [0.1, 0.15) is 40.0 Å². The van der Waals surface area contributed by atoms with Crippen LogP contribution in [0.4, 0.5) is 0 Å². The van der Waals surface area contributed by atoms with Gasteiger partial charge >= 0.3 is 0 Å². The number of morpholine rings is 1. The van der Waals surface area contributed by atoms with Gasteiger partial charge in [0.05, 0.1) is 18.3 Å². The minimum atomic E-state index is -0.385. The highest BCUT2D eigenvalue weighted by Crippen LogP contribution is 2.22. The number of hydrogen-bond donors (Lipinski definition) is 2. The van der Waals surface area contributed by atoms with Gasteiger partial charge in [0.1, 0.15) is 0 Å². The van der Waals surface area contributed by atoms with E-state index in [0.29, 0.717) is 32.0 Å². The van der Waals surface area contributed by atoms with Gasteiger partial charge in [-0.2, -0.15) is 0 Å². The second-order valence-electron chi connectivity index (χ2n) is 6.18. The Labute approximate surface area is 116 Å². The first-order valence-corrected chi connectivity index (χ1v) is 7.14. The molecule has 1 aliphatic rings. The third-order valence-electron chi connectivity index (χ3n) is 3.55. The molecule has 2 atom stereocenters. The molecular formula is C14H28N2O3. The van der Waals surface area contributed by atoms with Gasteiger partial charge in [-0.05, 0) is 39.2 Å². The third-order valence-corrected chi connectivity index (χ3v) is 3.55. The van der Waals surface area contributed by atoms with Gasteiger partial charge in [0.25, 0.3) is 0 Å². The van der Waals surface area contributed by atoms with Crippen LogP contribution in [0.15, 0.2) is 0 Å². The summed E-state index contributed by atoms with van der Waals surface area (Å²) in [5.41, 5.74) is 5.13. The summed E-state index contributed by atoms with van der Waals surface area (Å²) in [6.45, 7) is 7.74. The molecule has 0 aromatic rings. The van der Waals surface area contributed by atoms with E-state index < -0.39 is 0 Å². The van der Waals surface area contributed by atoms with Crippen molar-refractivity contribution in [2.24, 2.45) is 11.7 Å². The fourth-order valence-corrected chi connectivity index (χ4v) is 2.54. The Morgan fingerprint density at radius 1 is 1.53 bits per heavy atom. The number of aliphatic hydroxyl groups is 1. The number of aliphatic hydroxyl groups excluding tert-OH is 1. The van der Waals surface area contributed by atoms with Crippen LogP contribution >= 0.6 is 0 Å². The summed E-state index contributed by atoms with van der Waals surface area (Å²) in [7, 11) is 0. The zero-order valence-corrected chi connectivity index (χ0v) is 12.4. The Balaban J connectivity index is 2.46. The molecule has 5 nitrogen and oxygen atoms in total. The lowest BCUT2D eigenvalue weighted by molar-refractivity contribution is -0.167. The lowest BCUT2D eigenvalue weighted by atomic mass is 10.00. The van der Waals surface area contributed by atoms with Gasteiger partial charge in [-0.15, -0.1) is 0 Å². The Hall–Kier alpha value is -0.650. The van der Waals surface area contributed by atoms with Crippen LogP contribution in [-0.2, 0) is 9.53 Å².